The first-order chi connectivity index (χ1) is 8.45. The van der Waals surface area contributed by atoms with E-state index in [4.69, 9.17) is 9.47 Å². The van der Waals surface area contributed by atoms with Crippen molar-refractivity contribution in [2.24, 2.45) is 17.8 Å². The molecule has 1 saturated heterocycles. The Morgan fingerprint density at radius 3 is 2.00 bits per heavy atom. The number of rotatable bonds is 2. The maximum absolute atomic E-state index is 12.3. The molecule has 0 aromatic heterocycles. The summed E-state index contributed by atoms with van der Waals surface area (Å²) in [5.74, 6) is 1.57. The molecule has 106 valence electrons. The van der Waals surface area contributed by atoms with Gasteiger partial charge in [-0.2, -0.15) is 13.2 Å². The second-order valence-corrected chi connectivity index (χ2v) is 5.77. The highest BCUT2D eigenvalue weighted by molar-refractivity contribution is 4.75. The fourth-order valence-corrected chi connectivity index (χ4v) is 2.90. The van der Waals surface area contributed by atoms with Gasteiger partial charge in [0.1, 0.15) is 0 Å². The van der Waals surface area contributed by atoms with Crippen molar-refractivity contribution in [2.75, 3.05) is 13.2 Å². The molecule has 0 amide bonds. The lowest BCUT2D eigenvalue weighted by Gasteiger charge is -2.34. The average molecular weight is 266 g/mol. The molecule has 0 unspecified atom stereocenters. The summed E-state index contributed by atoms with van der Waals surface area (Å²) in [5.41, 5.74) is 0. The molecule has 5 heteroatoms. The lowest BCUT2D eigenvalue weighted by atomic mass is 9.79. The van der Waals surface area contributed by atoms with Gasteiger partial charge in [0.2, 0.25) is 0 Å². The molecular weight excluding hydrogens is 245 g/mol. The van der Waals surface area contributed by atoms with Crippen LogP contribution in [0.25, 0.3) is 0 Å². The SMILES string of the molecule is CC1CCC(CC2COC(C(F)(F)F)OC2)CC1. The summed E-state index contributed by atoms with van der Waals surface area (Å²) in [5, 5.41) is 0. The molecule has 0 bridgehead atoms. The highest BCUT2D eigenvalue weighted by Gasteiger charge is 2.44. The Hall–Kier alpha value is -0.290. The van der Waals surface area contributed by atoms with Gasteiger partial charge in [0.25, 0.3) is 6.29 Å². The summed E-state index contributed by atoms with van der Waals surface area (Å²) < 4.78 is 46.5. The van der Waals surface area contributed by atoms with Crippen LogP contribution in [0, 0.1) is 17.8 Å². The van der Waals surface area contributed by atoms with Crippen LogP contribution < -0.4 is 0 Å². The van der Waals surface area contributed by atoms with Gasteiger partial charge in [-0.25, -0.2) is 0 Å². The zero-order valence-corrected chi connectivity index (χ0v) is 10.7. The summed E-state index contributed by atoms with van der Waals surface area (Å²) >= 11 is 0. The quantitative estimate of drug-likeness (QED) is 0.757. The van der Waals surface area contributed by atoms with Gasteiger partial charge in [0, 0.05) is 5.92 Å². The zero-order chi connectivity index (χ0) is 13.2. The molecule has 18 heavy (non-hydrogen) atoms. The van der Waals surface area contributed by atoms with Crippen LogP contribution in [0.4, 0.5) is 13.2 Å². The molecule has 2 rings (SSSR count). The molecular formula is C13H21F3O2. The van der Waals surface area contributed by atoms with E-state index in [1.807, 2.05) is 0 Å². The first-order valence-corrected chi connectivity index (χ1v) is 6.75. The van der Waals surface area contributed by atoms with E-state index in [1.54, 1.807) is 0 Å². The normalized spacial score (nSPS) is 38.7. The Labute approximate surface area is 106 Å². The van der Waals surface area contributed by atoms with Crippen LogP contribution in [0.2, 0.25) is 0 Å². The Morgan fingerprint density at radius 2 is 1.50 bits per heavy atom. The van der Waals surface area contributed by atoms with Gasteiger partial charge in [-0.05, 0) is 18.3 Å². The Kier molecular flexibility index (Phi) is 4.54. The van der Waals surface area contributed by atoms with Gasteiger partial charge in [0.05, 0.1) is 13.2 Å². The zero-order valence-electron chi connectivity index (χ0n) is 10.7. The molecule has 0 aromatic rings. The van der Waals surface area contributed by atoms with Gasteiger partial charge >= 0.3 is 6.18 Å². The van der Waals surface area contributed by atoms with Crippen LogP contribution >= 0.6 is 0 Å². The predicted octanol–water partition coefficient (Wildman–Crippen LogP) is 3.75. The summed E-state index contributed by atoms with van der Waals surface area (Å²) in [6, 6.07) is 0. The van der Waals surface area contributed by atoms with Gasteiger partial charge in [-0.3, -0.25) is 0 Å². The second-order valence-electron chi connectivity index (χ2n) is 5.77. The third-order valence-corrected chi connectivity index (χ3v) is 4.04. The summed E-state index contributed by atoms with van der Waals surface area (Å²) in [6.07, 6.45) is -0.599. The van der Waals surface area contributed by atoms with Crippen molar-refractivity contribution >= 4 is 0 Å². The van der Waals surface area contributed by atoms with E-state index in [2.05, 4.69) is 6.92 Å². The standard InChI is InChI=1S/C13H21F3O2/c1-9-2-4-10(5-3-9)6-11-7-17-12(18-8-11)13(14,15)16/h9-12H,2-8H2,1H3. The van der Waals surface area contributed by atoms with Crippen molar-refractivity contribution in [1.29, 1.82) is 0 Å². The summed E-state index contributed by atoms with van der Waals surface area (Å²) in [4.78, 5) is 0. The van der Waals surface area contributed by atoms with E-state index in [0.717, 1.165) is 12.3 Å². The second kappa shape index (κ2) is 5.78. The van der Waals surface area contributed by atoms with Crippen LogP contribution in [-0.4, -0.2) is 25.7 Å². The third kappa shape index (κ3) is 3.85. The minimum absolute atomic E-state index is 0.127. The van der Waals surface area contributed by atoms with E-state index in [1.165, 1.54) is 25.7 Å². The van der Waals surface area contributed by atoms with E-state index in [-0.39, 0.29) is 19.1 Å². The van der Waals surface area contributed by atoms with Crippen LogP contribution in [0.3, 0.4) is 0 Å². The third-order valence-electron chi connectivity index (χ3n) is 4.04. The molecule has 0 aromatic carbocycles. The lowest BCUT2D eigenvalue weighted by Crippen LogP contribution is -2.42. The summed E-state index contributed by atoms with van der Waals surface area (Å²) in [7, 11) is 0. The highest BCUT2D eigenvalue weighted by atomic mass is 19.4. The van der Waals surface area contributed by atoms with Crippen LogP contribution in [0.15, 0.2) is 0 Å². The van der Waals surface area contributed by atoms with Crippen molar-refractivity contribution in [3.8, 4) is 0 Å². The van der Waals surface area contributed by atoms with Gasteiger partial charge in [-0.15, -0.1) is 0 Å². The Bertz CT molecular complexity index is 251. The molecule has 2 nitrogen and oxygen atoms in total. The molecule has 0 atom stereocenters. The van der Waals surface area contributed by atoms with Gasteiger partial charge in [0.15, 0.2) is 0 Å². The average Bonchev–Trinajstić information content (AvgIpc) is 2.32. The number of hydrogen-bond donors (Lipinski definition) is 0. The minimum Gasteiger partial charge on any atom is -0.345 e. The molecule has 0 N–H and O–H groups in total. The van der Waals surface area contributed by atoms with Gasteiger partial charge in [-0.1, -0.05) is 32.6 Å². The van der Waals surface area contributed by atoms with Crippen LogP contribution in [0.1, 0.15) is 39.0 Å². The molecule has 0 radical (unpaired) electrons. The van der Waals surface area contributed by atoms with Crippen molar-refractivity contribution < 1.29 is 22.6 Å². The number of alkyl halides is 3. The van der Waals surface area contributed by atoms with Crippen molar-refractivity contribution in [3.05, 3.63) is 0 Å². The molecule has 0 spiro atoms. The topological polar surface area (TPSA) is 18.5 Å². The summed E-state index contributed by atoms with van der Waals surface area (Å²) in [6.45, 7) is 2.61. The number of ether oxygens (including phenoxy) is 2. The number of halogens is 3. The Morgan fingerprint density at radius 1 is 0.944 bits per heavy atom. The van der Waals surface area contributed by atoms with E-state index in [0.29, 0.717) is 5.92 Å². The van der Waals surface area contributed by atoms with Crippen molar-refractivity contribution in [3.63, 3.8) is 0 Å². The monoisotopic (exact) mass is 266 g/mol. The first-order valence-electron chi connectivity index (χ1n) is 6.75. The fraction of sp³-hybridized carbons (Fsp3) is 1.00. The Balaban J connectivity index is 1.70. The molecule has 1 heterocycles. The van der Waals surface area contributed by atoms with Crippen LogP contribution in [0.5, 0.6) is 0 Å². The van der Waals surface area contributed by atoms with E-state index in [9.17, 15) is 13.2 Å². The highest BCUT2D eigenvalue weighted by Crippen LogP contribution is 2.35. The molecule has 1 aliphatic carbocycles. The number of hydrogen-bond acceptors (Lipinski definition) is 2. The van der Waals surface area contributed by atoms with E-state index < -0.39 is 12.5 Å². The first kappa shape index (κ1) is 14.1. The molecule has 2 fully saturated rings. The largest absolute Gasteiger partial charge is 0.440 e. The minimum atomic E-state index is -4.40. The fourth-order valence-electron chi connectivity index (χ4n) is 2.90. The maximum atomic E-state index is 12.3. The molecule has 1 saturated carbocycles. The smallest absolute Gasteiger partial charge is 0.345 e. The van der Waals surface area contributed by atoms with E-state index >= 15 is 0 Å². The maximum Gasteiger partial charge on any atom is 0.440 e. The van der Waals surface area contributed by atoms with Crippen LogP contribution in [-0.2, 0) is 9.47 Å². The molecule has 1 aliphatic heterocycles. The molecule has 2 aliphatic rings. The lowest BCUT2D eigenvalue weighted by molar-refractivity contribution is -0.335. The van der Waals surface area contributed by atoms with Crippen molar-refractivity contribution in [2.45, 2.75) is 51.5 Å². The van der Waals surface area contributed by atoms with Gasteiger partial charge < -0.3 is 9.47 Å². The predicted molar refractivity (Wildman–Crippen MR) is 61.0 cm³/mol. The van der Waals surface area contributed by atoms with Crippen molar-refractivity contribution in [1.82, 2.24) is 0 Å².